The van der Waals surface area contributed by atoms with E-state index in [1.807, 2.05) is 20.8 Å². The fourth-order valence-electron chi connectivity index (χ4n) is 1.68. The highest BCUT2D eigenvalue weighted by molar-refractivity contribution is 9.10. The lowest BCUT2D eigenvalue weighted by atomic mass is 10.1. The fraction of sp³-hybridized carbons (Fsp3) is 0.250. The third kappa shape index (κ3) is 3.98. The molecule has 0 spiro atoms. The van der Waals surface area contributed by atoms with E-state index in [1.165, 1.54) is 18.3 Å². The topological polar surface area (TPSA) is 74.9 Å². The van der Waals surface area contributed by atoms with Crippen LogP contribution in [0.1, 0.15) is 32.0 Å². The van der Waals surface area contributed by atoms with Crippen LogP contribution < -0.4 is 0 Å². The van der Waals surface area contributed by atoms with Crippen molar-refractivity contribution >= 4 is 21.6 Å². The summed E-state index contributed by atoms with van der Waals surface area (Å²) in [5, 5.41) is 24.3. The molecule has 0 saturated heterocycles. The number of oxime groups is 1. The highest BCUT2D eigenvalue weighted by Gasteiger charge is 2.20. The Bertz CT molecular complexity index is 709. The molecule has 0 radical (unpaired) electrons. The van der Waals surface area contributed by atoms with Gasteiger partial charge >= 0.3 is 0 Å². The number of hydrogen-bond donors (Lipinski definition) is 2. The summed E-state index contributed by atoms with van der Waals surface area (Å²) in [6.45, 7) is 5.56. The second-order valence-corrected chi connectivity index (χ2v) is 6.59. The Morgan fingerprint density at radius 2 is 1.91 bits per heavy atom. The van der Waals surface area contributed by atoms with Crippen molar-refractivity contribution in [3.8, 4) is 11.5 Å². The molecule has 2 aromatic rings. The standard InChI is InChI=1S/C16H17BrN2O3/c1-16(2,3)22-19-14(15-13(21)5-4-8-18-15)11-9-10(17)6-7-12(11)20/h4-9,20-21H,1-3H3. The van der Waals surface area contributed by atoms with Gasteiger partial charge in [0.2, 0.25) is 0 Å². The number of pyridine rings is 1. The van der Waals surface area contributed by atoms with Gasteiger partial charge in [0, 0.05) is 16.2 Å². The van der Waals surface area contributed by atoms with Crippen molar-refractivity contribution in [2.75, 3.05) is 0 Å². The monoisotopic (exact) mass is 364 g/mol. The molecule has 2 N–H and O–H groups in total. The predicted molar refractivity (Wildman–Crippen MR) is 88.2 cm³/mol. The first kappa shape index (κ1) is 16.3. The van der Waals surface area contributed by atoms with Crippen LogP contribution in [0.3, 0.4) is 0 Å². The van der Waals surface area contributed by atoms with Gasteiger partial charge in [-0.2, -0.15) is 0 Å². The van der Waals surface area contributed by atoms with Crippen LogP contribution in [0, 0.1) is 0 Å². The first-order valence-electron chi connectivity index (χ1n) is 6.67. The molecule has 1 heterocycles. The molecule has 0 saturated carbocycles. The van der Waals surface area contributed by atoms with E-state index >= 15 is 0 Å². The first-order valence-corrected chi connectivity index (χ1v) is 7.46. The molecule has 0 amide bonds. The van der Waals surface area contributed by atoms with Crippen LogP contribution >= 0.6 is 15.9 Å². The molecule has 2 rings (SSSR count). The van der Waals surface area contributed by atoms with E-state index in [0.29, 0.717) is 5.56 Å². The zero-order valence-electron chi connectivity index (χ0n) is 12.5. The zero-order valence-corrected chi connectivity index (χ0v) is 14.1. The van der Waals surface area contributed by atoms with Gasteiger partial charge in [-0.1, -0.05) is 21.1 Å². The molecule has 6 heteroatoms. The van der Waals surface area contributed by atoms with Gasteiger partial charge in [-0.05, 0) is 51.1 Å². The third-order valence-electron chi connectivity index (χ3n) is 2.64. The van der Waals surface area contributed by atoms with Crippen LogP contribution in [0.5, 0.6) is 11.5 Å². The number of nitrogens with zero attached hydrogens (tertiary/aromatic N) is 2. The van der Waals surface area contributed by atoms with E-state index < -0.39 is 5.60 Å². The number of aromatic nitrogens is 1. The van der Waals surface area contributed by atoms with Crippen molar-refractivity contribution in [3.63, 3.8) is 0 Å². The second-order valence-electron chi connectivity index (χ2n) is 5.68. The Morgan fingerprint density at radius 1 is 1.18 bits per heavy atom. The summed E-state index contributed by atoms with van der Waals surface area (Å²) in [6.07, 6.45) is 1.54. The SMILES string of the molecule is CC(C)(C)ON=C(c1cc(Br)ccc1O)c1ncccc1O. The van der Waals surface area contributed by atoms with Crippen LogP contribution in [0.15, 0.2) is 46.2 Å². The normalized spacial score (nSPS) is 12.3. The van der Waals surface area contributed by atoms with Crippen LogP contribution in [0.25, 0.3) is 0 Å². The molecule has 0 aliphatic heterocycles. The van der Waals surface area contributed by atoms with Crippen molar-refractivity contribution in [2.24, 2.45) is 5.16 Å². The third-order valence-corrected chi connectivity index (χ3v) is 3.13. The average molecular weight is 365 g/mol. The van der Waals surface area contributed by atoms with Gasteiger partial charge in [0.15, 0.2) is 0 Å². The highest BCUT2D eigenvalue weighted by atomic mass is 79.9. The van der Waals surface area contributed by atoms with E-state index in [-0.39, 0.29) is 22.9 Å². The Hall–Kier alpha value is -2.08. The Labute approximate surface area is 137 Å². The van der Waals surface area contributed by atoms with Crippen molar-refractivity contribution in [2.45, 2.75) is 26.4 Å². The molecule has 1 aromatic carbocycles. The van der Waals surface area contributed by atoms with Crippen molar-refractivity contribution in [1.29, 1.82) is 0 Å². The fourth-order valence-corrected chi connectivity index (χ4v) is 2.04. The van der Waals surface area contributed by atoms with E-state index in [4.69, 9.17) is 4.84 Å². The largest absolute Gasteiger partial charge is 0.507 e. The lowest BCUT2D eigenvalue weighted by Crippen LogP contribution is -2.18. The summed E-state index contributed by atoms with van der Waals surface area (Å²) in [7, 11) is 0. The molecule has 0 fully saturated rings. The summed E-state index contributed by atoms with van der Waals surface area (Å²) in [5.74, 6) is -0.0253. The summed E-state index contributed by atoms with van der Waals surface area (Å²) >= 11 is 3.36. The molecular weight excluding hydrogens is 348 g/mol. The van der Waals surface area contributed by atoms with Crippen LogP contribution in [0.2, 0.25) is 0 Å². The van der Waals surface area contributed by atoms with E-state index in [2.05, 4.69) is 26.1 Å². The molecule has 0 unspecified atom stereocenters. The smallest absolute Gasteiger partial charge is 0.143 e. The van der Waals surface area contributed by atoms with Crippen LogP contribution in [-0.2, 0) is 4.84 Å². The Kier molecular flexibility index (Phi) is 4.71. The van der Waals surface area contributed by atoms with Crippen molar-refractivity contribution in [3.05, 3.63) is 52.3 Å². The summed E-state index contributed by atoms with van der Waals surface area (Å²) in [4.78, 5) is 9.60. The van der Waals surface area contributed by atoms with Crippen molar-refractivity contribution < 1.29 is 15.1 Å². The van der Waals surface area contributed by atoms with Gasteiger partial charge in [-0.3, -0.25) is 4.98 Å². The summed E-state index contributed by atoms with van der Waals surface area (Å²) < 4.78 is 0.763. The van der Waals surface area contributed by atoms with Crippen LogP contribution in [-0.4, -0.2) is 26.5 Å². The van der Waals surface area contributed by atoms with Gasteiger partial charge < -0.3 is 15.1 Å². The van der Waals surface area contributed by atoms with Gasteiger partial charge in [-0.15, -0.1) is 0 Å². The number of hydrogen-bond acceptors (Lipinski definition) is 5. The second kappa shape index (κ2) is 6.36. The first-order chi connectivity index (χ1) is 10.3. The Morgan fingerprint density at radius 3 is 2.55 bits per heavy atom. The molecule has 22 heavy (non-hydrogen) atoms. The van der Waals surface area contributed by atoms with E-state index in [0.717, 1.165) is 4.47 Å². The minimum absolute atomic E-state index is 0.0181. The molecule has 0 atom stereocenters. The molecule has 5 nitrogen and oxygen atoms in total. The minimum atomic E-state index is -0.517. The van der Waals surface area contributed by atoms with Gasteiger partial charge in [-0.25, -0.2) is 0 Å². The summed E-state index contributed by atoms with van der Waals surface area (Å²) in [5.41, 5.74) is 0.386. The number of phenols is 1. The number of phenolic OH excluding ortho intramolecular Hbond substituents is 1. The van der Waals surface area contributed by atoms with Crippen molar-refractivity contribution in [1.82, 2.24) is 4.98 Å². The van der Waals surface area contributed by atoms with Gasteiger partial charge in [0.1, 0.15) is 28.5 Å². The maximum absolute atomic E-state index is 10.1. The van der Waals surface area contributed by atoms with E-state index in [9.17, 15) is 10.2 Å². The maximum Gasteiger partial charge on any atom is 0.143 e. The maximum atomic E-state index is 10.1. The lowest BCUT2D eigenvalue weighted by molar-refractivity contribution is 0.00109. The molecule has 116 valence electrons. The van der Waals surface area contributed by atoms with Crippen LogP contribution in [0.4, 0.5) is 0 Å². The quantitative estimate of drug-likeness (QED) is 0.641. The molecular formula is C16H17BrN2O3. The highest BCUT2D eigenvalue weighted by Crippen LogP contribution is 2.28. The number of benzene rings is 1. The van der Waals surface area contributed by atoms with Gasteiger partial charge in [0.25, 0.3) is 0 Å². The number of rotatable bonds is 3. The predicted octanol–water partition coefficient (Wildman–Crippen LogP) is 3.82. The Balaban J connectivity index is 2.61. The number of halogens is 1. The molecule has 0 aliphatic carbocycles. The number of aromatic hydroxyl groups is 2. The minimum Gasteiger partial charge on any atom is -0.507 e. The van der Waals surface area contributed by atoms with E-state index in [1.54, 1.807) is 18.2 Å². The zero-order chi connectivity index (χ0) is 16.3. The lowest BCUT2D eigenvalue weighted by Gasteiger charge is -2.17. The summed E-state index contributed by atoms with van der Waals surface area (Å²) in [6, 6.07) is 8.05. The average Bonchev–Trinajstić information content (AvgIpc) is 2.43. The molecule has 0 bridgehead atoms. The molecule has 0 aliphatic rings. The molecule has 1 aromatic heterocycles. The van der Waals surface area contributed by atoms with Gasteiger partial charge in [0.05, 0.1) is 0 Å².